The molecule has 92 valence electrons. The van der Waals surface area contributed by atoms with Crippen molar-refractivity contribution in [1.82, 2.24) is 4.90 Å². The zero-order chi connectivity index (χ0) is 11.5. The van der Waals surface area contributed by atoms with Gasteiger partial charge in [-0.2, -0.15) is 0 Å². The maximum Gasteiger partial charge on any atom is 0.225 e. The van der Waals surface area contributed by atoms with Crippen molar-refractivity contribution in [2.75, 3.05) is 19.6 Å². The minimum absolute atomic E-state index is 0.112. The number of likely N-dealkylation sites (tertiary alicyclic amines) is 1. The Kier molecular flexibility index (Phi) is 3.82. The van der Waals surface area contributed by atoms with Crippen LogP contribution in [-0.4, -0.2) is 42.6 Å². The van der Waals surface area contributed by atoms with Crippen molar-refractivity contribution in [2.45, 2.75) is 44.8 Å². The number of ether oxygens (including phenoxy) is 1. The van der Waals surface area contributed by atoms with Crippen molar-refractivity contribution < 1.29 is 9.53 Å². The summed E-state index contributed by atoms with van der Waals surface area (Å²) in [6, 6.07) is 0. The van der Waals surface area contributed by atoms with Crippen LogP contribution >= 0.6 is 0 Å². The van der Waals surface area contributed by atoms with Crippen molar-refractivity contribution in [3.05, 3.63) is 0 Å². The van der Waals surface area contributed by atoms with E-state index in [0.717, 1.165) is 38.8 Å². The fourth-order valence-electron chi connectivity index (χ4n) is 2.65. The first kappa shape index (κ1) is 11.9. The molecule has 0 aliphatic carbocycles. The van der Waals surface area contributed by atoms with Crippen LogP contribution in [0.25, 0.3) is 0 Å². The average molecular weight is 226 g/mol. The summed E-state index contributed by atoms with van der Waals surface area (Å²) in [5.41, 5.74) is 5.46. The van der Waals surface area contributed by atoms with E-state index in [1.807, 2.05) is 11.8 Å². The highest BCUT2D eigenvalue weighted by Crippen LogP contribution is 2.27. The first-order valence-electron chi connectivity index (χ1n) is 6.35. The standard InChI is InChI=1S/C12H22N2O2/c1-9(3-2-6-13)12(15)14-7-10-4-5-11(8-14)16-10/h9-11H,2-8,13H2,1H3. The second kappa shape index (κ2) is 5.15. The third-order valence-corrected chi connectivity index (χ3v) is 3.62. The van der Waals surface area contributed by atoms with Crippen LogP contribution in [-0.2, 0) is 9.53 Å². The lowest BCUT2D eigenvalue weighted by atomic mass is 10.0. The summed E-state index contributed by atoms with van der Waals surface area (Å²) in [6.07, 6.45) is 4.66. The van der Waals surface area contributed by atoms with Crippen molar-refractivity contribution >= 4 is 5.91 Å². The van der Waals surface area contributed by atoms with Gasteiger partial charge in [-0.25, -0.2) is 0 Å². The Morgan fingerprint density at radius 3 is 2.62 bits per heavy atom. The van der Waals surface area contributed by atoms with Crippen molar-refractivity contribution in [1.29, 1.82) is 0 Å². The van der Waals surface area contributed by atoms with Crippen LogP contribution in [0.1, 0.15) is 32.6 Å². The maximum atomic E-state index is 12.2. The molecule has 0 aromatic rings. The first-order chi connectivity index (χ1) is 7.70. The van der Waals surface area contributed by atoms with Crippen LogP contribution in [0.15, 0.2) is 0 Å². The molecular weight excluding hydrogens is 204 g/mol. The predicted octanol–water partition coefficient (Wildman–Crippen LogP) is 0.751. The third-order valence-electron chi connectivity index (χ3n) is 3.62. The minimum Gasteiger partial charge on any atom is -0.371 e. The Balaban J connectivity index is 1.85. The largest absolute Gasteiger partial charge is 0.371 e. The lowest BCUT2D eigenvalue weighted by Gasteiger charge is -2.33. The fourth-order valence-corrected chi connectivity index (χ4v) is 2.65. The number of hydrogen-bond donors (Lipinski definition) is 1. The molecule has 0 aromatic carbocycles. The Labute approximate surface area is 97.1 Å². The molecule has 1 amide bonds. The molecule has 2 fully saturated rings. The van der Waals surface area contributed by atoms with Gasteiger partial charge in [-0.3, -0.25) is 4.79 Å². The monoisotopic (exact) mass is 226 g/mol. The highest BCUT2D eigenvalue weighted by molar-refractivity contribution is 5.78. The summed E-state index contributed by atoms with van der Waals surface area (Å²) in [5.74, 6) is 0.398. The lowest BCUT2D eigenvalue weighted by molar-refractivity contribution is -0.143. The van der Waals surface area contributed by atoms with Gasteiger partial charge >= 0.3 is 0 Å². The van der Waals surface area contributed by atoms with Gasteiger partial charge < -0.3 is 15.4 Å². The highest BCUT2D eigenvalue weighted by atomic mass is 16.5. The van der Waals surface area contributed by atoms with Gasteiger partial charge in [0.1, 0.15) is 0 Å². The lowest BCUT2D eigenvalue weighted by Crippen LogP contribution is -2.47. The van der Waals surface area contributed by atoms with Crippen LogP contribution in [0, 0.1) is 5.92 Å². The summed E-state index contributed by atoms with van der Waals surface area (Å²) < 4.78 is 5.72. The van der Waals surface area contributed by atoms with E-state index in [1.54, 1.807) is 0 Å². The summed E-state index contributed by atoms with van der Waals surface area (Å²) >= 11 is 0. The van der Waals surface area contributed by atoms with E-state index >= 15 is 0 Å². The molecule has 0 spiro atoms. The average Bonchev–Trinajstić information content (AvgIpc) is 2.64. The van der Waals surface area contributed by atoms with E-state index in [1.165, 1.54) is 0 Å². The molecule has 3 atom stereocenters. The van der Waals surface area contributed by atoms with E-state index in [4.69, 9.17) is 10.5 Å². The van der Waals surface area contributed by atoms with Crippen molar-refractivity contribution in [3.8, 4) is 0 Å². The molecule has 4 heteroatoms. The molecule has 2 saturated heterocycles. The van der Waals surface area contributed by atoms with Crippen LogP contribution < -0.4 is 5.73 Å². The topological polar surface area (TPSA) is 55.6 Å². The maximum absolute atomic E-state index is 12.2. The van der Waals surface area contributed by atoms with Gasteiger partial charge in [-0.15, -0.1) is 0 Å². The number of morpholine rings is 1. The molecular formula is C12H22N2O2. The Morgan fingerprint density at radius 2 is 2.06 bits per heavy atom. The third kappa shape index (κ3) is 2.55. The number of rotatable bonds is 4. The van der Waals surface area contributed by atoms with Gasteiger partial charge in [-0.1, -0.05) is 6.92 Å². The molecule has 0 aromatic heterocycles. The Hall–Kier alpha value is -0.610. The van der Waals surface area contributed by atoms with Gasteiger partial charge in [0.15, 0.2) is 0 Å². The second-order valence-electron chi connectivity index (χ2n) is 5.03. The fraction of sp³-hybridized carbons (Fsp3) is 0.917. The quantitative estimate of drug-likeness (QED) is 0.769. The summed E-state index contributed by atoms with van der Waals surface area (Å²) in [7, 11) is 0. The van der Waals surface area contributed by atoms with E-state index in [9.17, 15) is 4.79 Å². The van der Waals surface area contributed by atoms with Crippen LogP contribution in [0.2, 0.25) is 0 Å². The van der Waals surface area contributed by atoms with Gasteiger partial charge in [0.25, 0.3) is 0 Å². The minimum atomic E-state index is 0.112. The molecule has 3 unspecified atom stereocenters. The number of nitrogens with two attached hydrogens (primary N) is 1. The van der Waals surface area contributed by atoms with Gasteiger partial charge in [-0.05, 0) is 32.2 Å². The van der Waals surface area contributed by atoms with E-state index < -0.39 is 0 Å². The van der Waals surface area contributed by atoms with Crippen molar-refractivity contribution in [2.24, 2.45) is 11.7 Å². The molecule has 2 N–H and O–H groups in total. The number of carbonyl (C=O) groups is 1. The van der Waals surface area contributed by atoms with Crippen LogP contribution in [0.3, 0.4) is 0 Å². The zero-order valence-corrected chi connectivity index (χ0v) is 10.0. The molecule has 0 radical (unpaired) electrons. The van der Waals surface area contributed by atoms with Gasteiger partial charge in [0.05, 0.1) is 12.2 Å². The molecule has 16 heavy (non-hydrogen) atoms. The van der Waals surface area contributed by atoms with E-state index in [2.05, 4.69) is 0 Å². The molecule has 4 nitrogen and oxygen atoms in total. The highest BCUT2D eigenvalue weighted by Gasteiger charge is 2.36. The number of fused-ring (bicyclic) bond motifs is 2. The van der Waals surface area contributed by atoms with Gasteiger partial charge in [0, 0.05) is 19.0 Å². The number of hydrogen-bond acceptors (Lipinski definition) is 3. The van der Waals surface area contributed by atoms with Crippen LogP contribution in [0.5, 0.6) is 0 Å². The van der Waals surface area contributed by atoms with Gasteiger partial charge in [0.2, 0.25) is 5.91 Å². The molecule has 2 heterocycles. The second-order valence-corrected chi connectivity index (χ2v) is 5.03. The zero-order valence-electron chi connectivity index (χ0n) is 10.0. The smallest absolute Gasteiger partial charge is 0.225 e. The Bertz CT molecular complexity index is 245. The summed E-state index contributed by atoms with van der Waals surface area (Å²) in [4.78, 5) is 14.1. The molecule has 2 bridgehead atoms. The van der Waals surface area contributed by atoms with E-state index in [0.29, 0.717) is 18.8 Å². The molecule has 2 aliphatic rings. The number of carbonyl (C=O) groups excluding carboxylic acids is 1. The molecule has 0 saturated carbocycles. The normalized spacial score (nSPS) is 30.5. The SMILES string of the molecule is CC(CCCN)C(=O)N1CC2CCC(C1)O2. The number of nitrogens with zero attached hydrogens (tertiary/aromatic N) is 1. The van der Waals surface area contributed by atoms with Crippen molar-refractivity contribution in [3.63, 3.8) is 0 Å². The molecule has 2 aliphatic heterocycles. The summed E-state index contributed by atoms with van der Waals surface area (Å²) in [5, 5.41) is 0. The first-order valence-corrected chi connectivity index (χ1v) is 6.35. The van der Waals surface area contributed by atoms with E-state index in [-0.39, 0.29) is 11.8 Å². The van der Waals surface area contributed by atoms with Crippen LogP contribution in [0.4, 0.5) is 0 Å². The number of amides is 1. The molecule has 2 rings (SSSR count). The Morgan fingerprint density at radius 1 is 1.44 bits per heavy atom. The summed E-state index contributed by atoms with van der Waals surface area (Å²) in [6.45, 7) is 4.27. The predicted molar refractivity (Wildman–Crippen MR) is 61.9 cm³/mol.